The quantitative estimate of drug-likeness (QED) is 0.638. The number of aliphatic hydroxyl groups excluding tert-OH is 1. The molecule has 0 unspecified atom stereocenters. The third-order valence-corrected chi connectivity index (χ3v) is 10.2. The Morgan fingerprint density at radius 1 is 1.17 bits per heavy atom. The van der Waals surface area contributed by atoms with Crippen molar-refractivity contribution in [3.63, 3.8) is 0 Å². The lowest BCUT2D eigenvalue weighted by Crippen LogP contribution is -2.50. The zero-order valence-electron chi connectivity index (χ0n) is 19.4. The molecule has 8 atom stereocenters. The second-order valence-electron chi connectivity index (χ2n) is 11.7. The zero-order chi connectivity index (χ0) is 21.0. The molecule has 0 radical (unpaired) electrons. The highest BCUT2D eigenvalue weighted by Gasteiger charge is 2.59. The van der Waals surface area contributed by atoms with Crippen molar-refractivity contribution in [1.29, 1.82) is 0 Å². The van der Waals surface area contributed by atoms with E-state index >= 15 is 0 Å². The minimum Gasteiger partial charge on any atom is -0.393 e. The van der Waals surface area contributed by atoms with Crippen LogP contribution in [-0.4, -0.2) is 36.1 Å². The van der Waals surface area contributed by atoms with E-state index in [4.69, 9.17) is 0 Å². The summed E-state index contributed by atoms with van der Waals surface area (Å²) in [6, 6.07) is 0. The van der Waals surface area contributed by atoms with Gasteiger partial charge in [0.25, 0.3) is 0 Å². The van der Waals surface area contributed by atoms with Crippen LogP contribution >= 0.6 is 0 Å². The van der Waals surface area contributed by atoms with Crippen LogP contribution < -0.4 is 0 Å². The van der Waals surface area contributed by atoms with Crippen LogP contribution in [0.3, 0.4) is 0 Å². The van der Waals surface area contributed by atoms with Crippen molar-refractivity contribution in [2.75, 3.05) is 14.1 Å². The summed E-state index contributed by atoms with van der Waals surface area (Å²) in [6.07, 6.45) is 14.0. The van der Waals surface area contributed by atoms with Gasteiger partial charge in [-0.25, -0.2) is 0 Å². The van der Waals surface area contributed by atoms with Gasteiger partial charge >= 0.3 is 0 Å². The summed E-state index contributed by atoms with van der Waals surface area (Å²) in [7, 11) is 3.74. The van der Waals surface area contributed by atoms with E-state index in [2.05, 4.69) is 26.8 Å². The van der Waals surface area contributed by atoms with Crippen molar-refractivity contribution in [3.8, 4) is 0 Å². The van der Waals surface area contributed by atoms with Crippen molar-refractivity contribution in [2.24, 2.45) is 40.4 Å². The fraction of sp³-hybridized carbons (Fsp3) is 0.885. The van der Waals surface area contributed by atoms with Gasteiger partial charge in [-0.15, -0.1) is 0 Å². The van der Waals surface area contributed by atoms with E-state index in [0.717, 1.165) is 42.9 Å². The molecule has 0 aromatic carbocycles. The molecule has 164 valence electrons. The molecule has 4 rings (SSSR count). The van der Waals surface area contributed by atoms with Crippen molar-refractivity contribution in [1.82, 2.24) is 4.90 Å². The number of aliphatic hydroxyl groups is 1. The van der Waals surface area contributed by atoms with Gasteiger partial charge in [-0.3, -0.25) is 4.79 Å². The molecule has 0 saturated heterocycles. The first kappa shape index (κ1) is 21.4. The van der Waals surface area contributed by atoms with Gasteiger partial charge in [-0.05, 0) is 98.2 Å². The van der Waals surface area contributed by atoms with E-state index in [1.165, 1.54) is 38.5 Å². The monoisotopic (exact) mass is 401 g/mol. The van der Waals surface area contributed by atoms with E-state index < -0.39 is 0 Å². The summed E-state index contributed by atoms with van der Waals surface area (Å²) in [5.74, 6) is 4.18. The van der Waals surface area contributed by atoms with Crippen molar-refractivity contribution in [3.05, 3.63) is 11.6 Å². The summed E-state index contributed by atoms with van der Waals surface area (Å²) in [5.41, 5.74) is 2.37. The van der Waals surface area contributed by atoms with Gasteiger partial charge in [0.05, 0.1) is 6.10 Å². The number of amides is 1. The predicted molar refractivity (Wildman–Crippen MR) is 118 cm³/mol. The molecule has 3 nitrogen and oxygen atoms in total. The number of hydrogen-bond acceptors (Lipinski definition) is 2. The van der Waals surface area contributed by atoms with Crippen LogP contribution in [0.4, 0.5) is 0 Å². The van der Waals surface area contributed by atoms with E-state index in [1.807, 2.05) is 14.1 Å². The predicted octanol–water partition coefficient (Wildman–Crippen LogP) is 5.43. The van der Waals surface area contributed by atoms with E-state index in [9.17, 15) is 9.90 Å². The molecule has 29 heavy (non-hydrogen) atoms. The second kappa shape index (κ2) is 7.70. The normalized spacial score (nSPS) is 44.9. The lowest BCUT2D eigenvalue weighted by molar-refractivity contribution is -0.129. The standard InChI is InChI=1S/C26H43NO2/c1-17(6-11-24(29)27(4)5)21-9-10-22-20-8-7-18-16-19(28)12-14-25(18,2)23(20)13-15-26(21,22)3/h7,17,19-23,28H,6,8-16H2,1-5H3/t17-,19-,20+,21-,22+,23+,25+,26-/m1/s1. The number of nitrogens with zero attached hydrogens (tertiary/aromatic N) is 1. The highest BCUT2D eigenvalue weighted by Crippen LogP contribution is 2.67. The summed E-state index contributed by atoms with van der Waals surface area (Å²) < 4.78 is 0. The van der Waals surface area contributed by atoms with Crippen LogP contribution in [0.2, 0.25) is 0 Å². The highest BCUT2D eigenvalue weighted by atomic mass is 16.3. The lowest BCUT2D eigenvalue weighted by Gasteiger charge is -2.58. The smallest absolute Gasteiger partial charge is 0.222 e. The van der Waals surface area contributed by atoms with Gasteiger partial charge < -0.3 is 10.0 Å². The summed E-state index contributed by atoms with van der Waals surface area (Å²) in [5, 5.41) is 10.2. The maximum atomic E-state index is 12.1. The Hall–Kier alpha value is -0.830. The van der Waals surface area contributed by atoms with E-state index in [1.54, 1.807) is 10.5 Å². The largest absolute Gasteiger partial charge is 0.393 e. The first-order valence-corrected chi connectivity index (χ1v) is 12.2. The van der Waals surface area contributed by atoms with Gasteiger partial charge in [0.15, 0.2) is 0 Å². The molecule has 0 spiro atoms. The van der Waals surface area contributed by atoms with E-state index in [-0.39, 0.29) is 12.0 Å². The molecular weight excluding hydrogens is 358 g/mol. The molecular formula is C26H43NO2. The van der Waals surface area contributed by atoms with Crippen LogP contribution in [0.25, 0.3) is 0 Å². The minimum atomic E-state index is -0.110. The molecule has 3 heteroatoms. The fourth-order valence-corrected chi connectivity index (χ4v) is 8.39. The molecule has 4 aliphatic carbocycles. The van der Waals surface area contributed by atoms with Crippen LogP contribution in [0.5, 0.6) is 0 Å². The molecule has 1 N–H and O–H groups in total. The van der Waals surface area contributed by atoms with Crippen LogP contribution in [0.15, 0.2) is 11.6 Å². The Balaban J connectivity index is 1.49. The van der Waals surface area contributed by atoms with Crippen LogP contribution in [-0.2, 0) is 4.79 Å². The van der Waals surface area contributed by atoms with Gasteiger partial charge in [-0.2, -0.15) is 0 Å². The second-order valence-corrected chi connectivity index (χ2v) is 11.7. The third-order valence-electron chi connectivity index (χ3n) is 10.2. The lowest BCUT2D eigenvalue weighted by atomic mass is 9.47. The molecule has 3 saturated carbocycles. The van der Waals surface area contributed by atoms with Crippen molar-refractivity contribution in [2.45, 2.75) is 91.1 Å². The van der Waals surface area contributed by atoms with E-state index in [0.29, 0.717) is 23.2 Å². The Bertz CT molecular complexity index is 670. The maximum Gasteiger partial charge on any atom is 0.222 e. The molecule has 4 aliphatic rings. The number of rotatable bonds is 4. The average molecular weight is 402 g/mol. The summed E-state index contributed by atoms with van der Waals surface area (Å²) in [4.78, 5) is 13.8. The molecule has 1 amide bonds. The Labute approximate surface area is 178 Å². The Kier molecular flexibility index (Phi) is 5.68. The first-order valence-electron chi connectivity index (χ1n) is 12.2. The van der Waals surface area contributed by atoms with Gasteiger partial charge in [0, 0.05) is 20.5 Å². The van der Waals surface area contributed by atoms with Gasteiger partial charge in [-0.1, -0.05) is 32.4 Å². The third kappa shape index (κ3) is 3.50. The maximum absolute atomic E-state index is 12.1. The average Bonchev–Trinajstić information content (AvgIpc) is 3.03. The number of carbonyl (C=O) groups excluding carboxylic acids is 1. The van der Waals surface area contributed by atoms with Crippen molar-refractivity contribution >= 4 is 5.91 Å². The molecule has 0 aliphatic heterocycles. The zero-order valence-corrected chi connectivity index (χ0v) is 19.4. The fourth-order valence-electron chi connectivity index (χ4n) is 8.39. The van der Waals surface area contributed by atoms with Crippen molar-refractivity contribution < 1.29 is 9.90 Å². The van der Waals surface area contributed by atoms with Crippen LogP contribution in [0.1, 0.15) is 85.0 Å². The number of hydrogen-bond donors (Lipinski definition) is 1. The first-order chi connectivity index (χ1) is 13.7. The molecule has 3 fully saturated rings. The molecule has 0 heterocycles. The Morgan fingerprint density at radius 3 is 2.66 bits per heavy atom. The molecule has 0 aromatic heterocycles. The summed E-state index contributed by atoms with van der Waals surface area (Å²) in [6.45, 7) is 7.53. The number of allylic oxidation sites excluding steroid dienone is 1. The number of carbonyl (C=O) groups is 1. The molecule has 0 aromatic rings. The summed E-state index contributed by atoms with van der Waals surface area (Å²) >= 11 is 0. The van der Waals surface area contributed by atoms with Gasteiger partial charge in [0.1, 0.15) is 0 Å². The van der Waals surface area contributed by atoms with Crippen LogP contribution in [0, 0.1) is 40.4 Å². The highest BCUT2D eigenvalue weighted by molar-refractivity contribution is 5.75. The number of fused-ring (bicyclic) bond motifs is 5. The topological polar surface area (TPSA) is 40.5 Å². The SMILES string of the molecule is C[C@H](CCC(=O)N(C)C)[C@H]1CC[C@H]2[C@@H]3CC=C4C[C@H](O)CC[C@]4(C)[C@H]3CC[C@]12C. The van der Waals surface area contributed by atoms with Gasteiger partial charge in [0.2, 0.25) is 5.91 Å². The Morgan fingerprint density at radius 2 is 1.93 bits per heavy atom. The molecule has 0 bridgehead atoms. The minimum absolute atomic E-state index is 0.110.